The monoisotopic (exact) mass is 388 g/mol. The zero-order valence-corrected chi connectivity index (χ0v) is 16.3. The molecule has 0 saturated heterocycles. The average molecular weight is 388 g/mol. The molecule has 0 fully saturated rings. The van der Waals surface area contributed by atoms with Crippen molar-refractivity contribution in [2.24, 2.45) is 10.2 Å². The van der Waals surface area contributed by atoms with Crippen LogP contribution in [0.3, 0.4) is 0 Å². The molecule has 0 N–H and O–H groups in total. The van der Waals surface area contributed by atoms with Crippen molar-refractivity contribution in [2.75, 3.05) is 18.0 Å². The average Bonchev–Trinajstić information content (AvgIpc) is 2.63. The Morgan fingerprint density at radius 1 is 1.11 bits per heavy atom. The zero-order chi connectivity index (χ0) is 20.0. The second-order valence-electron chi connectivity index (χ2n) is 6.04. The first-order chi connectivity index (χ1) is 12.8. The molecular formula is C19H21FN4O2S. The van der Waals surface area contributed by atoms with Gasteiger partial charge in [0.1, 0.15) is 0 Å². The molecule has 2 aromatic carbocycles. The molecule has 8 heteroatoms. The Kier molecular flexibility index (Phi) is 6.64. The van der Waals surface area contributed by atoms with Crippen LogP contribution in [0.15, 0.2) is 51.5 Å². The summed E-state index contributed by atoms with van der Waals surface area (Å²) in [5.41, 5.74) is 4.12. The van der Waals surface area contributed by atoms with E-state index >= 15 is 0 Å². The smallest absolute Gasteiger partial charge is 0.332 e. The summed E-state index contributed by atoms with van der Waals surface area (Å²) >= 11 is 0. The fraction of sp³-hybridized carbons (Fsp3) is 0.316. The lowest BCUT2D eigenvalue weighted by Gasteiger charge is -2.24. The first-order valence-corrected chi connectivity index (χ1v) is 9.84. The Hall–Kier alpha value is -2.79. The van der Waals surface area contributed by atoms with E-state index in [2.05, 4.69) is 21.2 Å². The van der Waals surface area contributed by atoms with Crippen LogP contribution >= 0.6 is 0 Å². The molecule has 0 aliphatic carbocycles. The van der Waals surface area contributed by atoms with Crippen molar-refractivity contribution >= 4 is 27.3 Å². The van der Waals surface area contributed by atoms with Gasteiger partial charge in [-0.3, -0.25) is 0 Å². The van der Waals surface area contributed by atoms with Crippen LogP contribution in [0.2, 0.25) is 0 Å². The van der Waals surface area contributed by atoms with Crippen LogP contribution in [-0.4, -0.2) is 21.5 Å². The predicted octanol–water partition coefficient (Wildman–Crippen LogP) is 5.12. The maximum Gasteiger partial charge on any atom is 0.332 e. The number of hydrogen-bond acceptors (Lipinski definition) is 6. The van der Waals surface area contributed by atoms with E-state index in [0.29, 0.717) is 24.3 Å². The molecule has 27 heavy (non-hydrogen) atoms. The number of hydrogen-bond donors (Lipinski definition) is 0. The molecule has 2 aromatic rings. The first-order valence-electron chi connectivity index (χ1n) is 8.46. The summed E-state index contributed by atoms with van der Waals surface area (Å²) in [7, 11) is -4.72. The van der Waals surface area contributed by atoms with Gasteiger partial charge in [0, 0.05) is 18.8 Å². The summed E-state index contributed by atoms with van der Waals surface area (Å²) < 4.78 is 34.6. The quantitative estimate of drug-likeness (QED) is 0.487. The van der Waals surface area contributed by atoms with Crippen molar-refractivity contribution in [3.05, 3.63) is 47.5 Å². The van der Waals surface area contributed by atoms with E-state index in [4.69, 9.17) is 5.26 Å². The summed E-state index contributed by atoms with van der Waals surface area (Å²) in [6.45, 7) is 7.41. The summed E-state index contributed by atoms with van der Waals surface area (Å²) in [5, 5.41) is 17.1. The predicted molar refractivity (Wildman–Crippen MR) is 103 cm³/mol. The Morgan fingerprint density at radius 3 is 2.33 bits per heavy atom. The molecule has 0 aliphatic rings. The first kappa shape index (κ1) is 20.5. The summed E-state index contributed by atoms with van der Waals surface area (Å²) in [4.78, 5) is 1.73. The lowest BCUT2D eigenvalue weighted by atomic mass is 10.1. The van der Waals surface area contributed by atoms with Gasteiger partial charge in [-0.2, -0.15) is 23.9 Å². The Labute approximate surface area is 159 Å². The molecule has 0 heterocycles. The second kappa shape index (κ2) is 8.73. The Bertz CT molecular complexity index is 980. The van der Waals surface area contributed by atoms with Crippen LogP contribution in [0.1, 0.15) is 24.5 Å². The van der Waals surface area contributed by atoms with Gasteiger partial charge in [0.2, 0.25) is 0 Å². The number of azo groups is 1. The topological polar surface area (TPSA) is 85.9 Å². The lowest BCUT2D eigenvalue weighted by Crippen LogP contribution is -2.24. The minimum Gasteiger partial charge on any atom is -0.371 e. The van der Waals surface area contributed by atoms with Crippen LogP contribution in [-0.2, 0) is 10.2 Å². The highest BCUT2D eigenvalue weighted by Gasteiger charge is 2.12. The molecular weight excluding hydrogens is 367 g/mol. The number of halogens is 1. The zero-order valence-electron chi connectivity index (χ0n) is 15.5. The second-order valence-corrected chi connectivity index (χ2v) is 7.39. The number of rotatable bonds is 7. The minimum absolute atomic E-state index is 0.408. The summed E-state index contributed by atoms with van der Waals surface area (Å²) in [6, 6.07) is 11.2. The SMILES string of the molecule is CCN(CCC#N)c1cc(C)c(/N=N/c2ccc(S(=O)(=O)F)cc2)cc1C. The maximum atomic E-state index is 12.9. The van der Waals surface area contributed by atoms with Gasteiger partial charge >= 0.3 is 10.2 Å². The molecule has 0 unspecified atom stereocenters. The third-order valence-electron chi connectivity index (χ3n) is 4.12. The molecule has 142 valence electrons. The molecule has 6 nitrogen and oxygen atoms in total. The third-order valence-corrected chi connectivity index (χ3v) is 4.96. The van der Waals surface area contributed by atoms with Crippen molar-refractivity contribution in [3.8, 4) is 6.07 Å². The van der Waals surface area contributed by atoms with Gasteiger partial charge in [-0.15, -0.1) is 3.89 Å². The normalized spacial score (nSPS) is 11.5. The van der Waals surface area contributed by atoms with Crippen molar-refractivity contribution in [2.45, 2.75) is 32.1 Å². The molecule has 0 saturated carbocycles. The molecule has 0 spiro atoms. The number of anilines is 1. The molecule has 0 atom stereocenters. The fourth-order valence-electron chi connectivity index (χ4n) is 2.65. The van der Waals surface area contributed by atoms with Gasteiger partial charge in [-0.1, -0.05) is 0 Å². The molecule has 0 amide bonds. The minimum atomic E-state index is -4.72. The van der Waals surface area contributed by atoms with E-state index in [1.54, 1.807) is 0 Å². The van der Waals surface area contributed by atoms with E-state index in [-0.39, 0.29) is 0 Å². The molecule has 0 bridgehead atoms. The lowest BCUT2D eigenvalue weighted by molar-refractivity contribution is 0.552. The molecule has 0 aromatic heterocycles. The van der Waals surface area contributed by atoms with Gasteiger partial charge in [0.15, 0.2) is 0 Å². The van der Waals surface area contributed by atoms with E-state index < -0.39 is 15.1 Å². The highest BCUT2D eigenvalue weighted by Crippen LogP contribution is 2.30. The van der Waals surface area contributed by atoms with Gasteiger partial charge < -0.3 is 4.90 Å². The summed E-state index contributed by atoms with van der Waals surface area (Å²) in [6.07, 6.45) is 0.457. The van der Waals surface area contributed by atoms with Gasteiger partial charge in [-0.05, 0) is 68.3 Å². The van der Waals surface area contributed by atoms with Crippen molar-refractivity contribution in [1.29, 1.82) is 5.26 Å². The van der Waals surface area contributed by atoms with E-state index in [0.717, 1.165) is 35.5 Å². The maximum absolute atomic E-state index is 12.9. The fourth-order valence-corrected chi connectivity index (χ4v) is 3.12. The molecule has 2 rings (SSSR count). The number of benzene rings is 2. The van der Waals surface area contributed by atoms with Crippen LogP contribution in [0.25, 0.3) is 0 Å². The highest BCUT2D eigenvalue weighted by molar-refractivity contribution is 7.86. The standard InChI is InChI=1S/C19H21FN4O2S/c1-4-24(11-5-10-21)19-13-14(2)18(12-15(19)3)23-22-16-6-8-17(9-7-16)27(20,25)26/h6-9,12-13H,4-5,11H2,1-3H3/b23-22+. The van der Waals surface area contributed by atoms with Crippen LogP contribution in [0, 0.1) is 25.2 Å². The number of nitrogens with zero attached hydrogens (tertiary/aromatic N) is 4. The number of aryl methyl sites for hydroxylation is 2. The van der Waals surface area contributed by atoms with E-state index in [1.165, 1.54) is 12.1 Å². The van der Waals surface area contributed by atoms with Crippen LogP contribution < -0.4 is 4.90 Å². The van der Waals surface area contributed by atoms with Crippen molar-refractivity contribution < 1.29 is 12.3 Å². The molecule has 0 aliphatic heterocycles. The van der Waals surface area contributed by atoms with E-state index in [1.807, 2.05) is 32.9 Å². The van der Waals surface area contributed by atoms with Crippen LogP contribution in [0.5, 0.6) is 0 Å². The Morgan fingerprint density at radius 2 is 1.78 bits per heavy atom. The van der Waals surface area contributed by atoms with Crippen molar-refractivity contribution in [3.63, 3.8) is 0 Å². The van der Waals surface area contributed by atoms with E-state index in [9.17, 15) is 12.3 Å². The van der Waals surface area contributed by atoms with Gasteiger partial charge in [0.05, 0.1) is 28.8 Å². The molecule has 0 radical (unpaired) electrons. The van der Waals surface area contributed by atoms with Crippen molar-refractivity contribution in [1.82, 2.24) is 0 Å². The largest absolute Gasteiger partial charge is 0.371 e. The Balaban J connectivity index is 2.26. The summed E-state index contributed by atoms with van der Waals surface area (Å²) in [5.74, 6) is 0. The van der Waals surface area contributed by atoms with Crippen LogP contribution in [0.4, 0.5) is 20.9 Å². The highest BCUT2D eigenvalue weighted by atomic mass is 32.3. The third kappa shape index (κ3) is 5.34. The van der Waals surface area contributed by atoms with Gasteiger partial charge in [0.25, 0.3) is 0 Å². The number of nitriles is 1. The van der Waals surface area contributed by atoms with Gasteiger partial charge in [-0.25, -0.2) is 0 Å².